The molecule has 1 amide bonds. The fraction of sp³-hybridized carbons (Fsp3) is 0.208. The predicted molar refractivity (Wildman–Crippen MR) is 110 cm³/mol. The van der Waals surface area contributed by atoms with Gasteiger partial charge in [0.05, 0.1) is 11.6 Å². The standard InChI is InChI=1S/C24H21N3O2/c25-16-18-4-1-6-20(14-18)24(28)27-12-9-22(10-13-27)29-23-8-2-5-19(15-23)21-7-3-11-26-17-21/h1-8,11,14-15,17,22H,9-10,12-13H2. The van der Waals surface area contributed by atoms with Gasteiger partial charge in [-0.2, -0.15) is 5.26 Å². The van der Waals surface area contributed by atoms with Gasteiger partial charge in [-0.05, 0) is 42.0 Å². The molecular weight excluding hydrogens is 362 g/mol. The van der Waals surface area contributed by atoms with E-state index >= 15 is 0 Å². The molecule has 0 bridgehead atoms. The van der Waals surface area contributed by atoms with Crippen molar-refractivity contribution in [2.45, 2.75) is 18.9 Å². The van der Waals surface area contributed by atoms with Crippen molar-refractivity contribution in [2.24, 2.45) is 0 Å². The van der Waals surface area contributed by atoms with Crippen molar-refractivity contribution >= 4 is 5.91 Å². The number of rotatable bonds is 4. The SMILES string of the molecule is N#Cc1cccc(C(=O)N2CCC(Oc3cccc(-c4cccnc4)c3)CC2)c1. The molecule has 0 spiro atoms. The van der Waals surface area contributed by atoms with Gasteiger partial charge in [0, 0.05) is 49.5 Å². The Bertz CT molecular complexity index is 1040. The van der Waals surface area contributed by atoms with Gasteiger partial charge in [0.1, 0.15) is 11.9 Å². The number of hydrogen-bond acceptors (Lipinski definition) is 4. The number of carbonyl (C=O) groups is 1. The summed E-state index contributed by atoms with van der Waals surface area (Å²) in [6, 6.07) is 20.9. The van der Waals surface area contributed by atoms with Gasteiger partial charge in [-0.3, -0.25) is 9.78 Å². The first kappa shape index (κ1) is 18.7. The molecule has 3 aromatic rings. The lowest BCUT2D eigenvalue weighted by molar-refractivity contribution is 0.0595. The molecule has 0 atom stereocenters. The van der Waals surface area contributed by atoms with Crippen molar-refractivity contribution in [1.82, 2.24) is 9.88 Å². The molecule has 2 aromatic carbocycles. The highest BCUT2D eigenvalue weighted by Crippen LogP contribution is 2.26. The van der Waals surface area contributed by atoms with Crippen LogP contribution in [0, 0.1) is 11.3 Å². The molecule has 144 valence electrons. The number of hydrogen-bond donors (Lipinski definition) is 0. The summed E-state index contributed by atoms with van der Waals surface area (Å²) in [5, 5.41) is 9.03. The summed E-state index contributed by atoms with van der Waals surface area (Å²) in [5.74, 6) is 0.803. The predicted octanol–water partition coefficient (Wildman–Crippen LogP) is 4.30. The molecule has 1 aliphatic heterocycles. The third-order valence-electron chi connectivity index (χ3n) is 5.10. The molecule has 29 heavy (non-hydrogen) atoms. The first-order chi connectivity index (χ1) is 14.2. The average molecular weight is 383 g/mol. The van der Waals surface area contributed by atoms with Gasteiger partial charge in [0.15, 0.2) is 0 Å². The Hall–Kier alpha value is -3.65. The number of aromatic nitrogens is 1. The lowest BCUT2D eigenvalue weighted by Gasteiger charge is -2.32. The van der Waals surface area contributed by atoms with E-state index in [2.05, 4.69) is 11.1 Å². The van der Waals surface area contributed by atoms with Gasteiger partial charge < -0.3 is 9.64 Å². The Labute approximate surface area is 170 Å². The van der Waals surface area contributed by atoms with E-state index in [4.69, 9.17) is 10.00 Å². The maximum absolute atomic E-state index is 12.7. The van der Waals surface area contributed by atoms with Crippen LogP contribution in [0.5, 0.6) is 5.75 Å². The fourth-order valence-corrected chi connectivity index (χ4v) is 3.56. The van der Waals surface area contributed by atoms with E-state index < -0.39 is 0 Å². The van der Waals surface area contributed by atoms with Crippen LogP contribution in [0.1, 0.15) is 28.8 Å². The monoisotopic (exact) mass is 383 g/mol. The van der Waals surface area contributed by atoms with E-state index in [-0.39, 0.29) is 12.0 Å². The second-order valence-corrected chi connectivity index (χ2v) is 7.07. The zero-order valence-corrected chi connectivity index (χ0v) is 16.0. The van der Waals surface area contributed by atoms with Gasteiger partial charge >= 0.3 is 0 Å². The van der Waals surface area contributed by atoms with Crippen LogP contribution in [0.2, 0.25) is 0 Å². The van der Waals surface area contributed by atoms with Crippen LogP contribution < -0.4 is 4.74 Å². The lowest BCUT2D eigenvalue weighted by atomic mass is 10.0. The number of benzene rings is 2. The number of pyridine rings is 1. The highest BCUT2D eigenvalue weighted by Gasteiger charge is 2.25. The Morgan fingerprint density at radius 3 is 2.59 bits per heavy atom. The third kappa shape index (κ3) is 4.44. The van der Waals surface area contributed by atoms with Crippen LogP contribution in [-0.2, 0) is 0 Å². The molecule has 0 saturated carbocycles. The van der Waals surface area contributed by atoms with Crippen LogP contribution in [-0.4, -0.2) is 35.0 Å². The Morgan fingerprint density at radius 2 is 1.83 bits per heavy atom. The molecule has 5 heteroatoms. The molecule has 1 aliphatic rings. The average Bonchev–Trinajstić information content (AvgIpc) is 2.80. The first-order valence-electron chi connectivity index (χ1n) is 9.69. The smallest absolute Gasteiger partial charge is 0.253 e. The maximum Gasteiger partial charge on any atom is 0.253 e. The van der Waals surface area contributed by atoms with E-state index in [1.54, 1.807) is 30.5 Å². The largest absolute Gasteiger partial charge is 0.490 e. The van der Waals surface area contributed by atoms with E-state index in [1.807, 2.05) is 47.5 Å². The van der Waals surface area contributed by atoms with Crippen molar-refractivity contribution in [3.05, 3.63) is 84.2 Å². The van der Waals surface area contributed by atoms with Crippen molar-refractivity contribution in [3.8, 4) is 22.9 Å². The minimum Gasteiger partial charge on any atom is -0.490 e. The summed E-state index contributed by atoms with van der Waals surface area (Å²) in [6.07, 6.45) is 5.23. The molecule has 1 aromatic heterocycles. The summed E-state index contributed by atoms with van der Waals surface area (Å²) < 4.78 is 6.19. The van der Waals surface area contributed by atoms with Crippen molar-refractivity contribution < 1.29 is 9.53 Å². The normalized spacial score (nSPS) is 14.2. The van der Waals surface area contributed by atoms with Gasteiger partial charge in [-0.25, -0.2) is 0 Å². The van der Waals surface area contributed by atoms with Crippen LogP contribution in [0.4, 0.5) is 0 Å². The summed E-state index contributed by atoms with van der Waals surface area (Å²) in [7, 11) is 0. The van der Waals surface area contributed by atoms with Gasteiger partial charge in [-0.1, -0.05) is 24.3 Å². The number of piperidine rings is 1. The third-order valence-corrected chi connectivity index (χ3v) is 5.10. The number of likely N-dealkylation sites (tertiary alicyclic amines) is 1. The molecular formula is C24H21N3O2. The molecule has 0 aliphatic carbocycles. The topological polar surface area (TPSA) is 66.2 Å². The summed E-state index contributed by atoms with van der Waals surface area (Å²) >= 11 is 0. The van der Waals surface area contributed by atoms with Gasteiger partial charge in [0.25, 0.3) is 5.91 Å². The number of carbonyl (C=O) groups excluding carboxylic acids is 1. The molecule has 0 unspecified atom stereocenters. The fourth-order valence-electron chi connectivity index (χ4n) is 3.56. The molecule has 4 rings (SSSR count). The second kappa shape index (κ2) is 8.57. The van der Waals surface area contributed by atoms with Gasteiger partial charge in [-0.15, -0.1) is 0 Å². The van der Waals surface area contributed by atoms with Crippen LogP contribution in [0.25, 0.3) is 11.1 Å². The minimum absolute atomic E-state index is 0.0286. The first-order valence-corrected chi connectivity index (χ1v) is 9.69. The van der Waals surface area contributed by atoms with Crippen LogP contribution in [0.3, 0.4) is 0 Å². The second-order valence-electron chi connectivity index (χ2n) is 7.07. The quantitative estimate of drug-likeness (QED) is 0.674. The number of nitriles is 1. The van der Waals surface area contributed by atoms with Crippen LogP contribution in [0.15, 0.2) is 73.1 Å². The van der Waals surface area contributed by atoms with Crippen molar-refractivity contribution in [3.63, 3.8) is 0 Å². The Morgan fingerprint density at radius 1 is 1.03 bits per heavy atom. The van der Waals surface area contributed by atoms with Crippen LogP contribution >= 0.6 is 0 Å². The van der Waals surface area contributed by atoms with E-state index in [0.29, 0.717) is 24.2 Å². The lowest BCUT2D eigenvalue weighted by Crippen LogP contribution is -2.41. The summed E-state index contributed by atoms with van der Waals surface area (Å²) in [6.45, 7) is 1.28. The van der Waals surface area contributed by atoms with E-state index in [9.17, 15) is 4.79 Å². The van der Waals surface area contributed by atoms with E-state index in [1.165, 1.54) is 0 Å². The van der Waals surface area contributed by atoms with Crippen molar-refractivity contribution in [1.29, 1.82) is 5.26 Å². The summed E-state index contributed by atoms with van der Waals surface area (Å²) in [4.78, 5) is 18.7. The molecule has 1 saturated heterocycles. The number of ether oxygens (including phenoxy) is 1. The number of amides is 1. The summed E-state index contributed by atoms with van der Waals surface area (Å²) in [5.41, 5.74) is 3.19. The highest BCUT2D eigenvalue weighted by atomic mass is 16.5. The molecule has 1 fully saturated rings. The number of nitrogens with zero attached hydrogens (tertiary/aromatic N) is 3. The Kier molecular flexibility index (Phi) is 5.53. The maximum atomic E-state index is 12.7. The zero-order valence-electron chi connectivity index (χ0n) is 16.0. The van der Waals surface area contributed by atoms with E-state index in [0.717, 1.165) is 29.7 Å². The zero-order chi connectivity index (χ0) is 20.1. The molecule has 0 radical (unpaired) electrons. The molecule has 2 heterocycles. The highest BCUT2D eigenvalue weighted by molar-refractivity contribution is 5.94. The van der Waals surface area contributed by atoms with Crippen molar-refractivity contribution in [2.75, 3.05) is 13.1 Å². The molecule has 5 nitrogen and oxygen atoms in total. The van der Waals surface area contributed by atoms with Gasteiger partial charge in [0.2, 0.25) is 0 Å². The molecule has 0 N–H and O–H groups in total. The minimum atomic E-state index is -0.0286. The Balaban J connectivity index is 1.37.